The Morgan fingerprint density at radius 3 is 2.57 bits per heavy atom. The fraction of sp³-hybridized carbons (Fsp3) is 0.0476. The fourth-order valence-electron chi connectivity index (χ4n) is 3.59. The molecule has 0 radical (unpaired) electrons. The van der Waals surface area contributed by atoms with Gasteiger partial charge in [0.25, 0.3) is 5.91 Å². The Morgan fingerprint density at radius 1 is 1.07 bits per heavy atom. The van der Waals surface area contributed by atoms with E-state index in [-0.39, 0.29) is 0 Å². The summed E-state index contributed by atoms with van der Waals surface area (Å²) in [5, 5.41) is 13.0. The molecule has 0 fully saturated rings. The lowest BCUT2D eigenvalue weighted by molar-refractivity contribution is 0.100. The Labute approximate surface area is 160 Å². The molecule has 1 aromatic heterocycles. The number of anilines is 2. The monoisotopic (exact) mass is 374 g/mol. The van der Waals surface area contributed by atoms with E-state index in [2.05, 4.69) is 10.3 Å². The van der Waals surface area contributed by atoms with Crippen molar-refractivity contribution in [2.75, 3.05) is 11.1 Å². The van der Waals surface area contributed by atoms with Gasteiger partial charge in [-0.3, -0.25) is 10.1 Å². The first kappa shape index (κ1) is 17.4. The van der Waals surface area contributed by atoms with E-state index in [1.165, 1.54) is 0 Å². The molecular formula is C21H18N4O3. The van der Waals surface area contributed by atoms with Crippen LogP contribution in [0.15, 0.2) is 48.5 Å². The first-order valence-corrected chi connectivity index (χ1v) is 8.60. The third-order valence-electron chi connectivity index (χ3n) is 4.94. The van der Waals surface area contributed by atoms with Gasteiger partial charge in [0.1, 0.15) is 0 Å². The van der Waals surface area contributed by atoms with Crippen LogP contribution in [0.5, 0.6) is 0 Å². The van der Waals surface area contributed by atoms with Crippen molar-refractivity contribution in [2.45, 2.75) is 6.92 Å². The minimum atomic E-state index is -1.15. The lowest BCUT2D eigenvalue weighted by Gasteiger charge is -2.11. The first-order valence-electron chi connectivity index (χ1n) is 8.60. The molecule has 0 bridgehead atoms. The second kappa shape index (κ2) is 6.31. The van der Waals surface area contributed by atoms with Crippen molar-refractivity contribution < 1.29 is 14.7 Å². The highest BCUT2D eigenvalue weighted by Gasteiger charge is 2.18. The number of carbonyl (C=O) groups is 2. The number of nitrogens with two attached hydrogens (primary N) is 2. The van der Waals surface area contributed by atoms with Crippen LogP contribution in [0, 0.1) is 6.92 Å². The van der Waals surface area contributed by atoms with Crippen LogP contribution in [-0.4, -0.2) is 22.1 Å². The molecule has 7 nitrogen and oxygen atoms in total. The lowest BCUT2D eigenvalue weighted by atomic mass is 9.93. The highest BCUT2D eigenvalue weighted by molar-refractivity contribution is 6.20. The van der Waals surface area contributed by atoms with Crippen LogP contribution in [-0.2, 0) is 0 Å². The van der Waals surface area contributed by atoms with Gasteiger partial charge in [-0.2, -0.15) is 0 Å². The molecule has 1 heterocycles. The number of nitrogen functional groups attached to an aromatic ring is 1. The van der Waals surface area contributed by atoms with Gasteiger partial charge in [-0.15, -0.1) is 0 Å². The van der Waals surface area contributed by atoms with Crippen LogP contribution in [0.4, 0.5) is 16.2 Å². The summed E-state index contributed by atoms with van der Waals surface area (Å²) in [6.07, 6.45) is -1.15. The van der Waals surface area contributed by atoms with Crippen molar-refractivity contribution >= 4 is 45.2 Å². The van der Waals surface area contributed by atoms with Gasteiger partial charge in [0.2, 0.25) is 0 Å². The van der Waals surface area contributed by atoms with Crippen LogP contribution < -0.4 is 16.8 Å². The summed E-state index contributed by atoms with van der Waals surface area (Å²) in [5.41, 5.74) is 17.2. The summed E-state index contributed by atoms with van der Waals surface area (Å²) in [6.45, 7) is 1.95. The van der Waals surface area contributed by atoms with Crippen molar-refractivity contribution in [3.05, 3.63) is 59.7 Å². The number of nitrogens with one attached hydrogen (secondary N) is 2. The van der Waals surface area contributed by atoms with Crippen molar-refractivity contribution in [3.63, 3.8) is 0 Å². The topological polar surface area (TPSA) is 134 Å². The normalized spacial score (nSPS) is 11.0. The third kappa shape index (κ3) is 2.69. The Kier molecular flexibility index (Phi) is 3.93. The Balaban J connectivity index is 2.09. The minimum absolute atomic E-state index is 0.365. The number of H-pyrrole nitrogens is 1. The minimum Gasteiger partial charge on any atom is -0.465 e. The molecule has 0 saturated carbocycles. The number of rotatable bonds is 3. The quantitative estimate of drug-likeness (QED) is 0.346. The van der Waals surface area contributed by atoms with E-state index >= 15 is 0 Å². The van der Waals surface area contributed by atoms with Crippen molar-refractivity contribution in [3.8, 4) is 11.1 Å². The van der Waals surface area contributed by atoms with E-state index in [0.29, 0.717) is 28.0 Å². The molecule has 7 heteroatoms. The summed E-state index contributed by atoms with van der Waals surface area (Å²) >= 11 is 0. The molecule has 140 valence electrons. The summed E-state index contributed by atoms with van der Waals surface area (Å²) in [5.74, 6) is -0.545. The van der Waals surface area contributed by atoms with Crippen LogP contribution >= 0.6 is 0 Å². The Bertz CT molecular complexity index is 1270. The number of amides is 2. The van der Waals surface area contributed by atoms with Gasteiger partial charge < -0.3 is 21.6 Å². The zero-order valence-electron chi connectivity index (χ0n) is 15.0. The number of fused-ring (bicyclic) bond motifs is 3. The van der Waals surface area contributed by atoms with E-state index in [1.807, 2.05) is 37.3 Å². The number of carbonyl (C=O) groups excluding carboxylic acids is 1. The number of hydrogen-bond donors (Lipinski definition) is 5. The smallest absolute Gasteiger partial charge is 0.409 e. The summed E-state index contributed by atoms with van der Waals surface area (Å²) in [7, 11) is 0. The largest absolute Gasteiger partial charge is 0.465 e. The molecule has 2 amide bonds. The molecular weight excluding hydrogens is 356 g/mol. The predicted molar refractivity (Wildman–Crippen MR) is 111 cm³/mol. The van der Waals surface area contributed by atoms with Crippen LogP contribution in [0.3, 0.4) is 0 Å². The predicted octanol–water partition coefficient (Wildman–Crippen LogP) is 4.07. The molecule has 0 aliphatic heterocycles. The number of primary amides is 1. The maximum atomic E-state index is 12.0. The Hall–Kier alpha value is -4.00. The standard InChI is InChI=1S/C21H18N4O3/c1-10-12(3-2-4-16(10)22)13-7-8-15(20(23)26)19-18(13)14-6-5-11(24-21(27)28)9-17(14)25-19/h2-9,24-25H,22H2,1H3,(H2,23,26)(H,27,28). The molecule has 0 atom stereocenters. The molecule has 0 unspecified atom stereocenters. The lowest BCUT2D eigenvalue weighted by Crippen LogP contribution is -2.11. The number of hydrogen-bond acceptors (Lipinski definition) is 3. The maximum absolute atomic E-state index is 12.0. The third-order valence-corrected chi connectivity index (χ3v) is 4.94. The zero-order chi connectivity index (χ0) is 20.0. The molecule has 0 aliphatic rings. The molecule has 28 heavy (non-hydrogen) atoms. The summed E-state index contributed by atoms with van der Waals surface area (Å²) in [6, 6.07) is 14.4. The number of aromatic nitrogens is 1. The zero-order valence-corrected chi connectivity index (χ0v) is 15.0. The number of aromatic amines is 1. The van der Waals surface area contributed by atoms with Gasteiger partial charge in [0.15, 0.2) is 0 Å². The SMILES string of the molecule is Cc1c(N)cccc1-c1ccc(C(N)=O)c2[nH]c3cc(NC(=O)O)ccc3c12. The van der Waals surface area contributed by atoms with Crippen LogP contribution in [0.25, 0.3) is 32.9 Å². The highest BCUT2D eigenvalue weighted by atomic mass is 16.4. The van der Waals surface area contributed by atoms with Gasteiger partial charge in [-0.25, -0.2) is 4.79 Å². The maximum Gasteiger partial charge on any atom is 0.409 e. The summed E-state index contributed by atoms with van der Waals surface area (Å²) < 4.78 is 0. The van der Waals surface area contributed by atoms with Crippen molar-refractivity contribution in [2.24, 2.45) is 5.73 Å². The van der Waals surface area contributed by atoms with E-state index in [9.17, 15) is 9.59 Å². The molecule has 3 aromatic carbocycles. The average Bonchev–Trinajstić information content (AvgIpc) is 3.01. The van der Waals surface area contributed by atoms with Crippen LogP contribution in [0.1, 0.15) is 15.9 Å². The second-order valence-electron chi connectivity index (χ2n) is 6.61. The summed E-state index contributed by atoms with van der Waals surface area (Å²) in [4.78, 5) is 26.1. The van der Waals surface area contributed by atoms with E-state index < -0.39 is 12.0 Å². The second-order valence-corrected chi connectivity index (χ2v) is 6.61. The van der Waals surface area contributed by atoms with Gasteiger partial charge >= 0.3 is 6.09 Å². The van der Waals surface area contributed by atoms with Crippen LogP contribution in [0.2, 0.25) is 0 Å². The first-order chi connectivity index (χ1) is 13.4. The fourth-order valence-corrected chi connectivity index (χ4v) is 3.59. The highest BCUT2D eigenvalue weighted by Crippen LogP contribution is 2.39. The molecule has 7 N–H and O–H groups in total. The molecule has 0 saturated heterocycles. The van der Waals surface area contributed by atoms with E-state index in [0.717, 1.165) is 27.5 Å². The number of carboxylic acid groups (broad SMARTS) is 1. The van der Waals surface area contributed by atoms with E-state index in [1.54, 1.807) is 18.2 Å². The Morgan fingerprint density at radius 2 is 1.86 bits per heavy atom. The van der Waals surface area contributed by atoms with Crippen molar-refractivity contribution in [1.29, 1.82) is 0 Å². The molecule has 4 aromatic rings. The number of benzene rings is 3. The molecule has 4 rings (SSSR count). The van der Waals surface area contributed by atoms with Gasteiger partial charge in [-0.1, -0.05) is 24.3 Å². The van der Waals surface area contributed by atoms with Gasteiger partial charge in [0, 0.05) is 27.7 Å². The molecule has 0 spiro atoms. The van der Waals surface area contributed by atoms with Gasteiger partial charge in [-0.05, 0) is 47.9 Å². The molecule has 0 aliphatic carbocycles. The van der Waals surface area contributed by atoms with Crippen molar-refractivity contribution in [1.82, 2.24) is 4.98 Å². The van der Waals surface area contributed by atoms with Gasteiger partial charge in [0.05, 0.1) is 11.1 Å². The van der Waals surface area contributed by atoms with E-state index in [4.69, 9.17) is 16.6 Å². The average molecular weight is 374 g/mol.